The van der Waals surface area contributed by atoms with Crippen LogP contribution in [0, 0.1) is 17.8 Å². The van der Waals surface area contributed by atoms with Crippen LogP contribution in [0.25, 0.3) is 11.0 Å². The fourth-order valence-electron chi connectivity index (χ4n) is 7.61. The van der Waals surface area contributed by atoms with E-state index in [-0.39, 0.29) is 35.5 Å². The molecule has 4 amide bonds. The highest BCUT2D eigenvalue weighted by molar-refractivity contribution is 7.91. The third kappa shape index (κ3) is 9.47. The van der Waals surface area contributed by atoms with Crippen molar-refractivity contribution in [1.82, 2.24) is 30.2 Å². The number of sulfonamides is 1. The number of ether oxygens (including phenoxy) is 3. The molecule has 3 heterocycles. The first-order chi connectivity index (χ1) is 28.2. The molecule has 61 heavy (non-hydrogen) atoms. The van der Waals surface area contributed by atoms with Gasteiger partial charge in [0.2, 0.25) is 39.0 Å². The molecule has 2 aliphatic carbocycles. The summed E-state index contributed by atoms with van der Waals surface area (Å²) in [5.74, 6) is -5.45. The molecule has 2 aromatic rings. The van der Waals surface area contributed by atoms with Crippen molar-refractivity contribution in [2.75, 3.05) is 13.7 Å². The highest BCUT2D eigenvalue weighted by atomic mass is 32.2. The molecule has 1 aromatic heterocycles. The molecular formula is C39H48F6N6O9S. The highest BCUT2D eigenvalue weighted by Gasteiger charge is 2.63. The lowest BCUT2D eigenvalue weighted by atomic mass is 9.88. The summed E-state index contributed by atoms with van der Waals surface area (Å²) in [6.45, 7) is 5.49. The summed E-state index contributed by atoms with van der Waals surface area (Å²) in [7, 11) is -2.85. The maximum atomic E-state index is 14.7. The van der Waals surface area contributed by atoms with Gasteiger partial charge in [0.1, 0.15) is 29.5 Å². The van der Waals surface area contributed by atoms with Crippen molar-refractivity contribution in [1.29, 1.82) is 0 Å². The standard InChI is InChI=1S/C39H48F6N6O9S/c1-20-9-7-8-10-22-18-37(22,33(54)50-61(56,57)36(5)13-14-36)49-30(52)27-17-24(59-31-29(38(40,41)42)46-25-12-11-23(58-6)16-26(25)47-31)19-51(27)32(53)28(21(2)15-20)48-34(55)60-35(3,4)39(43,44)45/h8,10-12,16,20-22,24,27-28H,7,9,13-15,17-19H2,1-6H3,(H,48,55)(H,49,52)(H,50,54). The number of alkyl halides is 6. The normalized spacial score (nSPS) is 28.4. The third-order valence-electron chi connectivity index (χ3n) is 11.9. The fourth-order valence-corrected chi connectivity index (χ4v) is 8.92. The molecule has 0 spiro atoms. The number of hydrogen-bond acceptors (Lipinski definition) is 11. The number of benzene rings is 1. The molecule has 22 heteroatoms. The number of nitrogens with zero attached hydrogens (tertiary/aromatic N) is 3. The molecule has 3 fully saturated rings. The number of allylic oxidation sites excluding steroid dienone is 1. The van der Waals surface area contributed by atoms with E-state index >= 15 is 0 Å². The number of carbonyl (C=O) groups is 4. The van der Waals surface area contributed by atoms with Gasteiger partial charge in [-0.1, -0.05) is 26.0 Å². The molecule has 4 aliphatic rings. The molecule has 3 N–H and O–H groups in total. The summed E-state index contributed by atoms with van der Waals surface area (Å²) in [5.41, 5.74) is -6.51. The van der Waals surface area contributed by atoms with Gasteiger partial charge < -0.3 is 29.7 Å². The van der Waals surface area contributed by atoms with E-state index in [1.807, 2.05) is 6.92 Å². The second-order valence-corrected chi connectivity index (χ2v) is 19.4. The first-order valence-corrected chi connectivity index (χ1v) is 21.2. The van der Waals surface area contributed by atoms with E-state index in [9.17, 15) is 53.9 Å². The Morgan fingerprint density at radius 2 is 1.70 bits per heavy atom. The van der Waals surface area contributed by atoms with Crippen molar-refractivity contribution < 1.29 is 68.1 Å². The molecule has 1 saturated heterocycles. The molecule has 15 nitrogen and oxygen atoms in total. The number of hydrogen-bond donors (Lipinski definition) is 3. The van der Waals surface area contributed by atoms with E-state index in [2.05, 4.69) is 25.3 Å². The summed E-state index contributed by atoms with van der Waals surface area (Å²) in [6.07, 6.45) is -8.40. The van der Waals surface area contributed by atoms with Crippen LogP contribution in [-0.4, -0.2) is 101 Å². The van der Waals surface area contributed by atoms with Crippen molar-refractivity contribution in [3.63, 3.8) is 0 Å². The average Bonchev–Trinajstić information content (AvgIpc) is 4.03. The summed E-state index contributed by atoms with van der Waals surface area (Å²) in [5, 5.41) is 4.88. The minimum atomic E-state index is -5.09. The van der Waals surface area contributed by atoms with E-state index < -0.39 is 117 Å². The summed E-state index contributed by atoms with van der Waals surface area (Å²) < 4.78 is 127. The predicted molar refractivity (Wildman–Crippen MR) is 204 cm³/mol. The van der Waals surface area contributed by atoms with Crippen LogP contribution in [-0.2, 0) is 35.3 Å². The Labute approximate surface area is 347 Å². The van der Waals surface area contributed by atoms with Gasteiger partial charge in [-0.25, -0.2) is 23.2 Å². The summed E-state index contributed by atoms with van der Waals surface area (Å²) in [6, 6.07) is 0.689. The fraction of sp³-hybridized carbons (Fsp3) is 0.641. The van der Waals surface area contributed by atoms with Gasteiger partial charge in [0, 0.05) is 18.4 Å². The molecular weight excluding hydrogens is 843 g/mol. The molecule has 2 aliphatic heterocycles. The number of carbonyl (C=O) groups excluding carboxylic acids is 4. The van der Waals surface area contributed by atoms with Crippen LogP contribution in [0.5, 0.6) is 11.6 Å². The average molecular weight is 891 g/mol. The lowest BCUT2D eigenvalue weighted by Crippen LogP contribution is -2.59. The van der Waals surface area contributed by atoms with E-state index in [4.69, 9.17) is 14.2 Å². The zero-order valence-corrected chi connectivity index (χ0v) is 35.0. The largest absolute Gasteiger partial charge is 0.497 e. The highest BCUT2D eigenvalue weighted by Crippen LogP contribution is 2.48. The van der Waals surface area contributed by atoms with Crippen molar-refractivity contribution in [2.45, 2.75) is 126 Å². The Morgan fingerprint density at radius 3 is 2.33 bits per heavy atom. The Bertz CT molecular complexity index is 2220. The first kappa shape index (κ1) is 45.6. The van der Waals surface area contributed by atoms with Crippen LogP contribution in [0.15, 0.2) is 30.4 Å². The number of methoxy groups -OCH3 is 1. The van der Waals surface area contributed by atoms with Gasteiger partial charge in [0.15, 0.2) is 0 Å². The smallest absolute Gasteiger partial charge is 0.438 e. The second kappa shape index (κ2) is 16.1. The van der Waals surface area contributed by atoms with E-state index in [1.54, 1.807) is 19.1 Å². The van der Waals surface area contributed by atoms with E-state index in [0.717, 1.165) is 4.90 Å². The Hall–Kier alpha value is -4.89. The van der Waals surface area contributed by atoms with Crippen LogP contribution in [0.4, 0.5) is 31.1 Å². The Morgan fingerprint density at radius 1 is 1.02 bits per heavy atom. The van der Waals surface area contributed by atoms with Crippen LogP contribution in [0.2, 0.25) is 0 Å². The Kier molecular flexibility index (Phi) is 12.0. The SMILES string of the molecule is COc1ccc2nc(C(F)(F)F)c(OC3CC4C(=O)NC5(C(=O)NS(=O)(=O)C6(C)CC6)CC5C=CCCC(C)CC(C)C(NC(=O)OC(C)(C)C(F)(F)F)C(=O)N4C3)nc2c1. The molecule has 0 radical (unpaired) electrons. The molecule has 0 bridgehead atoms. The van der Waals surface area contributed by atoms with Crippen LogP contribution in [0.1, 0.15) is 85.3 Å². The monoisotopic (exact) mass is 890 g/mol. The van der Waals surface area contributed by atoms with Crippen molar-refractivity contribution in [3.8, 4) is 11.6 Å². The van der Waals surface area contributed by atoms with E-state index in [1.165, 1.54) is 32.2 Å². The maximum absolute atomic E-state index is 14.7. The number of fused-ring (bicyclic) bond motifs is 3. The van der Waals surface area contributed by atoms with Gasteiger partial charge in [0.25, 0.3) is 5.91 Å². The molecule has 7 atom stereocenters. The van der Waals surface area contributed by atoms with Crippen LogP contribution < -0.4 is 24.8 Å². The summed E-state index contributed by atoms with van der Waals surface area (Å²) >= 11 is 0. The van der Waals surface area contributed by atoms with Gasteiger partial charge in [-0.15, -0.1) is 0 Å². The Balaban J connectivity index is 1.39. The van der Waals surface area contributed by atoms with Gasteiger partial charge >= 0.3 is 18.4 Å². The molecule has 2 saturated carbocycles. The van der Waals surface area contributed by atoms with Crippen molar-refractivity contribution in [2.24, 2.45) is 17.8 Å². The minimum absolute atomic E-state index is 0.0312. The number of amides is 4. The maximum Gasteiger partial charge on any atom is 0.438 e. The van der Waals surface area contributed by atoms with Gasteiger partial charge in [-0.05, 0) is 83.3 Å². The second-order valence-electron chi connectivity index (χ2n) is 17.2. The molecule has 1 aromatic carbocycles. The van der Waals surface area contributed by atoms with Crippen LogP contribution >= 0.6 is 0 Å². The topological polar surface area (TPSA) is 195 Å². The number of aromatic nitrogens is 2. The van der Waals surface area contributed by atoms with Gasteiger partial charge in [-0.2, -0.15) is 26.3 Å². The molecule has 336 valence electrons. The van der Waals surface area contributed by atoms with Crippen molar-refractivity contribution in [3.05, 3.63) is 36.0 Å². The lowest BCUT2D eigenvalue weighted by molar-refractivity contribution is -0.244. The molecule has 6 rings (SSSR count). The zero-order chi connectivity index (χ0) is 45.1. The zero-order valence-electron chi connectivity index (χ0n) is 34.2. The quantitative estimate of drug-likeness (QED) is 0.229. The van der Waals surface area contributed by atoms with Gasteiger partial charge in [0.05, 0.1) is 29.4 Å². The van der Waals surface area contributed by atoms with E-state index in [0.29, 0.717) is 39.5 Å². The third-order valence-corrected chi connectivity index (χ3v) is 14.1. The molecule has 7 unspecified atom stereocenters. The number of halogens is 6. The predicted octanol–water partition coefficient (Wildman–Crippen LogP) is 5.33. The lowest BCUT2D eigenvalue weighted by Gasteiger charge is -2.34. The first-order valence-electron chi connectivity index (χ1n) is 19.7. The van der Waals surface area contributed by atoms with Crippen LogP contribution in [0.3, 0.4) is 0 Å². The number of alkyl carbamates (subject to hydrolysis) is 1. The summed E-state index contributed by atoms with van der Waals surface area (Å²) in [4.78, 5) is 64.9. The minimum Gasteiger partial charge on any atom is -0.497 e. The van der Waals surface area contributed by atoms with Gasteiger partial charge in [-0.3, -0.25) is 19.1 Å². The van der Waals surface area contributed by atoms with Crippen molar-refractivity contribution >= 4 is 44.9 Å². The number of nitrogens with one attached hydrogen (secondary N) is 3. The number of rotatable bonds is 8.